The summed E-state index contributed by atoms with van der Waals surface area (Å²) in [5.41, 5.74) is 8.16. The van der Waals surface area contributed by atoms with E-state index in [0.717, 1.165) is 4.35 Å². The first-order chi connectivity index (χ1) is 5.34. The summed E-state index contributed by atoms with van der Waals surface area (Å²) in [6.45, 7) is 0. The zero-order chi connectivity index (χ0) is 8.10. The van der Waals surface area contributed by atoms with Crippen LogP contribution in [0.2, 0.25) is 0 Å². The van der Waals surface area contributed by atoms with Crippen LogP contribution in [0.1, 0.15) is 0 Å². The summed E-state index contributed by atoms with van der Waals surface area (Å²) in [5.74, 6) is 0. The second-order valence-electron chi connectivity index (χ2n) is 1.77. The molecule has 5 heteroatoms. The monoisotopic (exact) mass is 273 g/mol. The molecule has 1 atom stereocenters. The van der Waals surface area contributed by atoms with Gasteiger partial charge in [-0.2, -0.15) is 0 Å². The Morgan fingerprint density at radius 2 is 2.00 bits per heavy atom. The molecule has 0 aliphatic rings. The molecular formula is C6H5AsBrN3. The van der Waals surface area contributed by atoms with Crippen LogP contribution in [0.25, 0.3) is 10.4 Å². The molecule has 0 amide bonds. The topological polar surface area (TPSA) is 48.8 Å². The van der Waals surface area contributed by atoms with E-state index in [1.165, 1.54) is 0 Å². The Balaban J connectivity index is 2.84. The Labute approximate surface area is 76.1 Å². The third-order valence-corrected chi connectivity index (χ3v) is 5.97. The van der Waals surface area contributed by atoms with Gasteiger partial charge >= 0.3 is 76.1 Å². The number of nitrogens with zero attached hydrogens (tertiary/aromatic N) is 3. The quantitative estimate of drug-likeness (QED) is 0.343. The Morgan fingerprint density at radius 1 is 1.36 bits per heavy atom. The molecule has 1 aromatic carbocycles. The number of halogens is 1. The average molecular weight is 274 g/mol. The summed E-state index contributed by atoms with van der Waals surface area (Å²) >= 11 is 1.77. The van der Waals surface area contributed by atoms with Crippen molar-refractivity contribution < 1.29 is 0 Å². The first kappa shape index (κ1) is 8.66. The summed E-state index contributed by atoms with van der Waals surface area (Å²) in [4.78, 5) is 2.75. The van der Waals surface area contributed by atoms with E-state index >= 15 is 0 Å². The molecule has 0 radical (unpaired) electrons. The van der Waals surface area contributed by atoms with Crippen molar-refractivity contribution in [2.45, 2.75) is 0 Å². The van der Waals surface area contributed by atoms with Crippen molar-refractivity contribution in [3.63, 3.8) is 0 Å². The molecular weight excluding hydrogens is 269 g/mol. The molecule has 0 spiro atoms. The Hall–Kier alpha value is -0.432. The molecule has 0 fully saturated rings. The van der Waals surface area contributed by atoms with E-state index in [2.05, 4.69) is 22.9 Å². The number of azide groups is 1. The number of hydrogen-bond donors (Lipinski definition) is 0. The van der Waals surface area contributed by atoms with Crippen LogP contribution in [0.4, 0.5) is 0 Å². The summed E-state index contributed by atoms with van der Waals surface area (Å²) in [6.07, 6.45) is 0. The van der Waals surface area contributed by atoms with Crippen molar-refractivity contribution in [2.24, 2.45) is 4.03 Å². The van der Waals surface area contributed by atoms with Crippen LogP contribution in [0.3, 0.4) is 0 Å². The molecule has 0 N–H and O–H groups in total. The van der Waals surface area contributed by atoms with Crippen LogP contribution in [-0.2, 0) is 0 Å². The van der Waals surface area contributed by atoms with Gasteiger partial charge in [-0.15, -0.1) is 0 Å². The molecule has 3 nitrogen and oxygen atoms in total. The van der Waals surface area contributed by atoms with Gasteiger partial charge in [0.1, 0.15) is 0 Å². The average Bonchev–Trinajstić information content (AvgIpc) is 2.07. The Bertz CT molecular complexity index is 270. The van der Waals surface area contributed by atoms with Gasteiger partial charge < -0.3 is 0 Å². The van der Waals surface area contributed by atoms with Crippen LogP contribution in [0.5, 0.6) is 0 Å². The summed E-state index contributed by atoms with van der Waals surface area (Å²) < 4.78 is 4.75. The van der Waals surface area contributed by atoms with Crippen LogP contribution in [-0.4, -0.2) is 13.0 Å². The maximum atomic E-state index is 8.16. The predicted molar refractivity (Wildman–Crippen MR) is 49.9 cm³/mol. The molecule has 0 heterocycles. The summed E-state index contributed by atoms with van der Waals surface area (Å²) in [5, 5.41) is 0. The Kier molecular flexibility index (Phi) is 3.50. The first-order valence-electron chi connectivity index (χ1n) is 2.90. The van der Waals surface area contributed by atoms with E-state index in [1.54, 1.807) is 0 Å². The van der Waals surface area contributed by atoms with Crippen LogP contribution in [0.15, 0.2) is 34.4 Å². The van der Waals surface area contributed by atoms with E-state index in [9.17, 15) is 0 Å². The van der Waals surface area contributed by atoms with Crippen molar-refractivity contribution in [1.82, 2.24) is 0 Å². The molecule has 0 saturated carbocycles. The summed E-state index contributed by atoms with van der Waals surface area (Å²) in [6, 6.07) is 9.73. The second kappa shape index (κ2) is 4.45. The van der Waals surface area contributed by atoms with Gasteiger partial charge in [-0.1, -0.05) is 0 Å². The van der Waals surface area contributed by atoms with Gasteiger partial charge in [0.25, 0.3) is 0 Å². The molecule has 0 aromatic heterocycles. The molecule has 1 rings (SSSR count). The van der Waals surface area contributed by atoms with Crippen LogP contribution < -0.4 is 4.35 Å². The van der Waals surface area contributed by atoms with Crippen molar-refractivity contribution in [1.29, 1.82) is 0 Å². The molecule has 56 valence electrons. The van der Waals surface area contributed by atoms with E-state index < -0.39 is 13.0 Å². The molecule has 1 aromatic rings. The van der Waals surface area contributed by atoms with Crippen LogP contribution in [0, 0.1) is 0 Å². The zero-order valence-corrected chi connectivity index (χ0v) is 9.02. The maximum absolute atomic E-state index is 8.16. The summed E-state index contributed by atoms with van der Waals surface area (Å²) in [7, 11) is 0. The van der Waals surface area contributed by atoms with Crippen molar-refractivity contribution in [2.75, 3.05) is 0 Å². The molecule has 0 aliphatic heterocycles. The fourth-order valence-corrected chi connectivity index (χ4v) is 3.44. The number of benzene rings is 1. The molecule has 0 saturated heterocycles. The minimum absolute atomic E-state index is 1.11. The van der Waals surface area contributed by atoms with Gasteiger partial charge in [-0.25, -0.2) is 0 Å². The van der Waals surface area contributed by atoms with Gasteiger partial charge in [-0.3, -0.25) is 0 Å². The van der Waals surface area contributed by atoms with Crippen molar-refractivity contribution in [3.05, 3.63) is 40.8 Å². The third kappa shape index (κ3) is 2.58. The number of hydrogen-bond acceptors (Lipinski definition) is 1. The third-order valence-electron chi connectivity index (χ3n) is 1.09. The van der Waals surface area contributed by atoms with Crippen molar-refractivity contribution >= 4 is 31.3 Å². The van der Waals surface area contributed by atoms with E-state index in [4.69, 9.17) is 5.53 Å². The fraction of sp³-hybridized carbons (Fsp3) is 0. The first-order valence-corrected chi connectivity index (χ1v) is 9.08. The molecule has 0 aliphatic carbocycles. The zero-order valence-electron chi connectivity index (χ0n) is 5.55. The molecule has 0 bridgehead atoms. The number of rotatable bonds is 2. The van der Waals surface area contributed by atoms with Gasteiger partial charge in [0, 0.05) is 0 Å². The van der Waals surface area contributed by atoms with E-state index in [1.807, 2.05) is 30.3 Å². The van der Waals surface area contributed by atoms with Gasteiger partial charge in [0.2, 0.25) is 0 Å². The molecule has 1 unspecified atom stereocenters. The van der Waals surface area contributed by atoms with Gasteiger partial charge in [-0.05, 0) is 0 Å². The van der Waals surface area contributed by atoms with E-state index in [0.29, 0.717) is 0 Å². The predicted octanol–water partition coefficient (Wildman–Crippen LogP) is 2.09. The van der Waals surface area contributed by atoms with E-state index in [-0.39, 0.29) is 0 Å². The SMILES string of the molecule is [N-]=[N+]=N[As](Br)c1ccccc1. The molecule has 11 heavy (non-hydrogen) atoms. The van der Waals surface area contributed by atoms with Gasteiger partial charge in [0.15, 0.2) is 0 Å². The Morgan fingerprint density at radius 3 is 2.55 bits per heavy atom. The fourth-order valence-electron chi connectivity index (χ4n) is 0.638. The van der Waals surface area contributed by atoms with Crippen molar-refractivity contribution in [3.8, 4) is 0 Å². The van der Waals surface area contributed by atoms with Gasteiger partial charge in [0.05, 0.1) is 0 Å². The standard InChI is InChI=1S/C6H5AsBrN3/c8-7(10-11-9)6-4-2-1-3-5-6/h1-5H. The van der Waals surface area contributed by atoms with Crippen LogP contribution >= 0.6 is 13.9 Å². The second-order valence-corrected chi connectivity index (χ2v) is 7.82. The normalized spacial score (nSPS) is 11.7. The minimum atomic E-state index is -1.60.